The van der Waals surface area contributed by atoms with E-state index in [-0.39, 0.29) is 0 Å². The first-order chi connectivity index (χ1) is 11.3. The lowest BCUT2D eigenvalue weighted by atomic mass is 10.2. The van der Waals surface area contributed by atoms with Crippen LogP contribution < -0.4 is 5.73 Å². The molecule has 2 aromatic carbocycles. The van der Waals surface area contributed by atoms with Crippen LogP contribution in [0.3, 0.4) is 0 Å². The van der Waals surface area contributed by atoms with Gasteiger partial charge in [-0.15, -0.1) is 0 Å². The number of aromatic nitrogens is 2. The van der Waals surface area contributed by atoms with E-state index >= 15 is 0 Å². The van der Waals surface area contributed by atoms with Crippen molar-refractivity contribution in [3.63, 3.8) is 0 Å². The molecule has 3 aromatic rings. The van der Waals surface area contributed by atoms with Crippen LogP contribution in [0, 0.1) is 6.92 Å². The summed E-state index contributed by atoms with van der Waals surface area (Å²) < 4.78 is 2.25. The van der Waals surface area contributed by atoms with Gasteiger partial charge < -0.3 is 10.3 Å². The average molecular weight is 313 g/mol. The standard InChI is InChI=1S/C15H14N2.2C2H6.CH5N/c1-12-16-14-9-5-6-10-15(14)17(12)11-13-7-3-2-4-8-13;3*1-2/h2-10H,11H2,1H3;2*1-2H3;2H2,1H3. The van der Waals surface area contributed by atoms with Crippen LogP contribution in [0.4, 0.5) is 0 Å². The van der Waals surface area contributed by atoms with E-state index in [4.69, 9.17) is 0 Å². The third-order valence-electron chi connectivity index (χ3n) is 3.03. The summed E-state index contributed by atoms with van der Waals surface area (Å²) in [4.78, 5) is 4.57. The zero-order chi connectivity index (χ0) is 17.7. The topological polar surface area (TPSA) is 43.8 Å². The van der Waals surface area contributed by atoms with Gasteiger partial charge in [0.25, 0.3) is 0 Å². The molecule has 2 N–H and O–H groups in total. The molecule has 0 atom stereocenters. The Kier molecular flexibility index (Phi) is 11.3. The van der Waals surface area contributed by atoms with Crippen molar-refractivity contribution < 1.29 is 0 Å². The fourth-order valence-electron chi connectivity index (χ4n) is 2.16. The minimum atomic E-state index is 0.882. The maximum Gasteiger partial charge on any atom is 0.107 e. The molecule has 0 saturated heterocycles. The van der Waals surface area contributed by atoms with Crippen LogP contribution in [0.5, 0.6) is 0 Å². The smallest absolute Gasteiger partial charge is 0.107 e. The van der Waals surface area contributed by atoms with Crippen LogP contribution in [-0.2, 0) is 6.54 Å². The van der Waals surface area contributed by atoms with E-state index in [1.807, 2.05) is 39.8 Å². The summed E-state index contributed by atoms with van der Waals surface area (Å²) in [7, 11) is 1.50. The van der Waals surface area contributed by atoms with Gasteiger partial charge in [-0.1, -0.05) is 70.2 Å². The highest BCUT2D eigenvalue weighted by Gasteiger charge is 2.06. The molecule has 126 valence electrons. The van der Waals surface area contributed by atoms with Crippen molar-refractivity contribution in [1.82, 2.24) is 9.55 Å². The second-order valence-corrected chi connectivity index (χ2v) is 4.22. The Morgan fingerprint density at radius 1 is 0.826 bits per heavy atom. The van der Waals surface area contributed by atoms with Crippen LogP contribution in [-0.4, -0.2) is 16.6 Å². The zero-order valence-electron chi connectivity index (χ0n) is 15.4. The molecule has 0 bridgehead atoms. The largest absolute Gasteiger partial charge is 0.333 e. The van der Waals surface area contributed by atoms with E-state index in [0.29, 0.717) is 0 Å². The number of para-hydroxylation sites is 2. The Balaban J connectivity index is 0.000000728. The van der Waals surface area contributed by atoms with Gasteiger partial charge in [-0.25, -0.2) is 4.98 Å². The highest BCUT2D eigenvalue weighted by Crippen LogP contribution is 2.17. The molecule has 0 amide bonds. The molecule has 3 rings (SSSR count). The minimum absolute atomic E-state index is 0.882. The fraction of sp³-hybridized carbons (Fsp3) is 0.350. The Morgan fingerprint density at radius 3 is 1.96 bits per heavy atom. The van der Waals surface area contributed by atoms with Gasteiger partial charge in [0.15, 0.2) is 0 Å². The lowest BCUT2D eigenvalue weighted by Gasteiger charge is -2.06. The van der Waals surface area contributed by atoms with Gasteiger partial charge in [0.1, 0.15) is 5.82 Å². The third kappa shape index (κ3) is 5.87. The molecule has 0 fully saturated rings. The molecule has 0 aliphatic heterocycles. The second-order valence-electron chi connectivity index (χ2n) is 4.22. The predicted octanol–water partition coefficient (Wildman–Crippen LogP) is 5.02. The van der Waals surface area contributed by atoms with Gasteiger partial charge in [-0.05, 0) is 31.7 Å². The minimum Gasteiger partial charge on any atom is -0.333 e. The van der Waals surface area contributed by atoms with Crippen molar-refractivity contribution in [2.45, 2.75) is 41.2 Å². The van der Waals surface area contributed by atoms with Gasteiger partial charge in [-0.2, -0.15) is 0 Å². The first-order valence-corrected chi connectivity index (χ1v) is 8.38. The van der Waals surface area contributed by atoms with E-state index in [0.717, 1.165) is 17.9 Å². The molecule has 0 aliphatic rings. The number of hydrogen-bond acceptors (Lipinski definition) is 2. The molecule has 0 aliphatic carbocycles. The number of benzene rings is 2. The Hall–Kier alpha value is -2.13. The van der Waals surface area contributed by atoms with Crippen molar-refractivity contribution in [3.05, 3.63) is 66.0 Å². The number of aryl methyl sites for hydroxylation is 1. The number of hydrogen-bond donors (Lipinski definition) is 1. The summed E-state index contributed by atoms with van der Waals surface area (Å²) in [6.45, 7) is 10.9. The molecule has 1 aromatic heterocycles. The Morgan fingerprint density at radius 2 is 1.35 bits per heavy atom. The number of nitrogens with zero attached hydrogens (tertiary/aromatic N) is 2. The lowest BCUT2D eigenvalue weighted by molar-refractivity contribution is 0.786. The number of imidazole rings is 1. The molecular weight excluding hydrogens is 282 g/mol. The maximum absolute atomic E-state index is 4.57. The quantitative estimate of drug-likeness (QED) is 0.722. The Bertz CT molecular complexity index is 642. The molecule has 0 radical (unpaired) electrons. The first-order valence-electron chi connectivity index (χ1n) is 8.38. The zero-order valence-corrected chi connectivity index (χ0v) is 15.4. The molecule has 3 heteroatoms. The normalized spacial score (nSPS) is 8.83. The van der Waals surface area contributed by atoms with Crippen LogP contribution in [0.1, 0.15) is 39.1 Å². The van der Waals surface area contributed by atoms with E-state index < -0.39 is 0 Å². The summed E-state index contributed by atoms with van der Waals surface area (Å²) in [5, 5.41) is 0. The van der Waals surface area contributed by atoms with Gasteiger partial charge in [0.2, 0.25) is 0 Å². The molecule has 0 spiro atoms. The fourth-order valence-corrected chi connectivity index (χ4v) is 2.16. The van der Waals surface area contributed by atoms with E-state index in [1.54, 1.807) is 0 Å². The summed E-state index contributed by atoms with van der Waals surface area (Å²) in [5.74, 6) is 1.06. The van der Waals surface area contributed by atoms with Crippen molar-refractivity contribution in [1.29, 1.82) is 0 Å². The number of fused-ring (bicyclic) bond motifs is 1. The predicted molar refractivity (Wildman–Crippen MR) is 103 cm³/mol. The van der Waals surface area contributed by atoms with Crippen LogP contribution in [0.25, 0.3) is 11.0 Å². The molecule has 1 heterocycles. The third-order valence-corrected chi connectivity index (χ3v) is 3.03. The summed E-state index contributed by atoms with van der Waals surface area (Å²) in [6.07, 6.45) is 0. The van der Waals surface area contributed by atoms with Gasteiger partial charge in [0, 0.05) is 6.54 Å². The van der Waals surface area contributed by atoms with Crippen molar-refractivity contribution >= 4 is 11.0 Å². The van der Waals surface area contributed by atoms with E-state index in [2.05, 4.69) is 64.7 Å². The monoisotopic (exact) mass is 313 g/mol. The first kappa shape index (κ1) is 20.9. The van der Waals surface area contributed by atoms with E-state index in [1.165, 1.54) is 18.1 Å². The number of rotatable bonds is 2. The summed E-state index contributed by atoms with van der Waals surface area (Å²) >= 11 is 0. The Labute approximate surface area is 141 Å². The molecule has 3 nitrogen and oxygen atoms in total. The molecular formula is C20H31N3. The molecule has 23 heavy (non-hydrogen) atoms. The number of nitrogens with two attached hydrogens (primary N) is 1. The van der Waals surface area contributed by atoms with Crippen LogP contribution >= 0.6 is 0 Å². The van der Waals surface area contributed by atoms with Gasteiger partial charge in [0.05, 0.1) is 11.0 Å². The SMILES string of the molecule is CC.CC.CN.Cc1nc2ccccc2n1Cc1ccccc1. The average Bonchev–Trinajstić information content (AvgIpc) is 2.97. The second kappa shape index (κ2) is 12.4. The lowest BCUT2D eigenvalue weighted by Crippen LogP contribution is -2.01. The van der Waals surface area contributed by atoms with Crippen molar-refractivity contribution in [2.24, 2.45) is 5.73 Å². The summed E-state index contributed by atoms with van der Waals surface area (Å²) in [5.41, 5.74) is 8.08. The molecule has 0 saturated carbocycles. The van der Waals surface area contributed by atoms with Crippen LogP contribution in [0.2, 0.25) is 0 Å². The van der Waals surface area contributed by atoms with Gasteiger partial charge in [-0.3, -0.25) is 0 Å². The highest BCUT2D eigenvalue weighted by molar-refractivity contribution is 5.75. The van der Waals surface area contributed by atoms with E-state index in [9.17, 15) is 0 Å². The van der Waals surface area contributed by atoms with Crippen LogP contribution in [0.15, 0.2) is 54.6 Å². The summed E-state index contributed by atoms with van der Waals surface area (Å²) in [6, 6.07) is 18.8. The van der Waals surface area contributed by atoms with Crippen molar-refractivity contribution in [2.75, 3.05) is 7.05 Å². The van der Waals surface area contributed by atoms with Crippen molar-refractivity contribution in [3.8, 4) is 0 Å². The van der Waals surface area contributed by atoms with Gasteiger partial charge >= 0.3 is 0 Å². The highest BCUT2D eigenvalue weighted by atomic mass is 15.1. The maximum atomic E-state index is 4.57. The molecule has 0 unspecified atom stereocenters.